The first-order valence-corrected chi connectivity index (χ1v) is 9.03. The molecular formula is C18H26N2O2S. The molecule has 2 rings (SSSR count). The summed E-state index contributed by atoms with van der Waals surface area (Å²) >= 11 is 1.68. The number of rotatable bonds is 5. The second-order valence-corrected chi connectivity index (χ2v) is 7.91. The average molecular weight is 334 g/mol. The monoisotopic (exact) mass is 334 g/mol. The first-order valence-electron chi connectivity index (χ1n) is 8.08. The fourth-order valence-electron chi connectivity index (χ4n) is 2.70. The Balaban J connectivity index is 2.09. The molecule has 0 N–H and O–H groups in total. The van der Waals surface area contributed by atoms with E-state index in [1.807, 2.05) is 25.7 Å². The molecule has 126 valence electrons. The summed E-state index contributed by atoms with van der Waals surface area (Å²) in [5.74, 6) is 0.255. The first kappa shape index (κ1) is 17.9. The summed E-state index contributed by atoms with van der Waals surface area (Å²) < 4.78 is 0. The van der Waals surface area contributed by atoms with Crippen LogP contribution in [-0.2, 0) is 9.59 Å². The number of carbonyl (C=O) groups is 2. The van der Waals surface area contributed by atoms with Gasteiger partial charge in [-0.2, -0.15) is 0 Å². The molecule has 0 aliphatic carbocycles. The Labute approximate surface area is 143 Å². The van der Waals surface area contributed by atoms with Crippen molar-refractivity contribution in [3.8, 4) is 0 Å². The summed E-state index contributed by atoms with van der Waals surface area (Å²) in [5.41, 5.74) is 2.36. The van der Waals surface area contributed by atoms with Crippen LogP contribution < -0.4 is 0 Å². The molecule has 0 radical (unpaired) electrons. The van der Waals surface area contributed by atoms with Gasteiger partial charge in [0.15, 0.2) is 0 Å². The highest BCUT2D eigenvalue weighted by atomic mass is 32.2. The van der Waals surface area contributed by atoms with Crippen molar-refractivity contribution in [2.75, 3.05) is 20.1 Å². The highest BCUT2D eigenvalue weighted by Crippen LogP contribution is 2.42. The molecule has 2 amide bonds. The lowest BCUT2D eigenvalue weighted by Gasteiger charge is -2.27. The van der Waals surface area contributed by atoms with E-state index >= 15 is 0 Å². The third-order valence-corrected chi connectivity index (χ3v) is 5.55. The normalized spacial score (nSPS) is 21.1. The van der Waals surface area contributed by atoms with Crippen molar-refractivity contribution in [1.82, 2.24) is 9.80 Å². The van der Waals surface area contributed by atoms with Gasteiger partial charge in [0.2, 0.25) is 11.8 Å². The van der Waals surface area contributed by atoms with Crippen LogP contribution in [0.5, 0.6) is 0 Å². The second-order valence-electron chi connectivity index (χ2n) is 6.49. The molecule has 1 aromatic rings. The lowest BCUT2D eigenvalue weighted by atomic mass is 10.1. The smallest absolute Gasteiger partial charge is 0.236 e. The molecule has 4 nitrogen and oxygen atoms in total. The fourth-order valence-corrected chi connectivity index (χ4v) is 4.01. The Hall–Kier alpha value is -1.49. The standard InChI is InChI=1S/C18H26N2O2S/c1-12(2)16(21)19(5)10-11-20-17(22)14(4)23-18(20)15-8-6-13(3)7-9-15/h6-9,12,14,18H,10-11H2,1-5H3/t14-,18-/m1/s1. The molecule has 5 heteroatoms. The van der Waals surface area contributed by atoms with Gasteiger partial charge in [-0.1, -0.05) is 43.7 Å². The van der Waals surface area contributed by atoms with E-state index in [9.17, 15) is 9.59 Å². The number of hydrogen-bond acceptors (Lipinski definition) is 3. The molecule has 0 saturated carbocycles. The van der Waals surface area contributed by atoms with Crippen LogP contribution in [0.25, 0.3) is 0 Å². The summed E-state index contributed by atoms with van der Waals surface area (Å²) in [6.07, 6.45) is 0. The number of nitrogens with zero attached hydrogens (tertiary/aromatic N) is 2. The summed E-state index contributed by atoms with van der Waals surface area (Å²) in [4.78, 5) is 28.1. The molecule has 0 aromatic heterocycles. The van der Waals surface area contributed by atoms with Crippen LogP contribution in [0.15, 0.2) is 24.3 Å². The van der Waals surface area contributed by atoms with Gasteiger partial charge in [0.05, 0.1) is 5.25 Å². The fraction of sp³-hybridized carbons (Fsp3) is 0.556. The molecule has 1 aliphatic heterocycles. The van der Waals surface area contributed by atoms with E-state index in [1.54, 1.807) is 23.7 Å². The van der Waals surface area contributed by atoms with Crippen molar-refractivity contribution >= 4 is 23.6 Å². The lowest BCUT2D eigenvalue weighted by molar-refractivity contribution is -0.135. The van der Waals surface area contributed by atoms with Gasteiger partial charge >= 0.3 is 0 Å². The zero-order valence-electron chi connectivity index (χ0n) is 14.6. The number of hydrogen-bond donors (Lipinski definition) is 0. The molecular weight excluding hydrogens is 308 g/mol. The summed E-state index contributed by atoms with van der Waals surface area (Å²) in [7, 11) is 1.81. The quantitative estimate of drug-likeness (QED) is 0.831. The number of thioether (sulfide) groups is 1. The Bertz CT molecular complexity index is 571. The van der Waals surface area contributed by atoms with Gasteiger partial charge < -0.3 is 9.80 Å². The largest absolute Gasteiger partial charge is 0.344 e. The topological polar surface area (TPSA) is 40.6 Å². The Morgan fingerprint density at radius 3 is 2.48 bits per heavy atom. The number of amides is 2. The van der Waals surface area contributed by atoms with Crippen LogP contribution in [0.4, 0.5) is 0 Å². The van der Waals surface area contributed by atoms with Gasteiger partial charge in [0, 0.05) is 26.1 Å². The Morgan fingerprint density at radius 1 is 1.30 bits per heavy atom. The van der Waals surface area contributed by atoms with Crippen molar-refractivity contribution in [2.24, 2.45) is 5.92 Å². The number of benzene rings is 1. The van der Waals surface area contributed by atoms with Gasteiger partial charge in [-0.15, -0.1) is 11.8 Å². The van der Waals surface area contributed by atoms with Crippen LogP contribution in [0, 0.1) is 12.8 Å². The van der Waals surface area contributed by atoms with Crippen molar-refractivity contribution in [2.45, 2.75) is 38.3 Å². The average Bonchev–Trinajstić information content (AvgIpc) is 2.80. The van der Waals surface area contributed by atoms with Crippen LogP contribution in [-0.4, -0.2) is 47.0 Å². The number of carbonyl (C=O) groups excluding carboxylic acids is 2. The van der Waals surface area contributed by atoms with E-state index in [4.69, 9.17) is 0 Å². The zero-order chi connectivity index (χ0) is 17.1. The van der Waals surface area contributed by atoms with Crippen LogP contribution in [0.3, 0.4) is 0 Å². The third-order valence-electron chi connectivity index (χ3n) is 4.16. The van der Waals surface area contributed by atoms with Gasteiger partial charge in [-0.05, 0) is 19.4 Å². The van der Waals surface area contributed by atoms with Crippen molar-refractivity contribution in [3.63, 3.8) is 0 Å². The highest BCUT2D eigenvalue weighted by Gasteiger charge is 2.38. The SMILES string of the molecule is Cc1ccc([C@H]2S[C@H](C)C(=O)N2CCN(C)C(=O)C(C)C)cc1. The third kappa shape index (κ3) is 4.08. The minimum atomic E-state index is -0.0348. The molecule has 2 atom stereocenters. The van der Waals surface area contributed by atoms with E-state index in [0.29, 0.717) is 13.1 Å². The van der Waals surface area contributed by atoms with E-state index < -0.39 is 0 Å². The second kappa shape index (κ2) is 7.39. The van der Waals surface area contributed by atoms with Crippen LogP contribution in [0.2, 0.25) is 0 Å². The minimum Gasteiger partial charge on any atom is -0.344 e. The highest BCUT2D eigenvalue weighted by molar-refractivity contribution is 8.01. The van der Waals surface area contributed by atoms with E-state index in [2.05, 4.69) is 31.2 Å². The minimum absolute atomic E-state index is 0.0181. The maximum absolute atomic E-state index is 12.5. The Kier molecular flexibility index (Phi) is 5.74. The molecule has 1 saturated heterocycles. The van der Waals surface area contributed by atoms with Gasteiger partial charge in [-0.25, -0.2) is 0 Å². The summed E-state index contributed by atoms with van der Waals surface area (Å²) in [6, 6.07) is 8.34. The van der Waals surface area contributed by atoms with Crippen LogP contribution in [0.1, 0.15) is 37.3 Å². The predicted octanol–water partition coefficient (Wildman–Crippen LogP) is 3.07. The van der Waals surface area contributed by atoms with Gasteiger partial charge in [0.1, 0.15) is 5.37 Å². The molecule has 0 unspecified atom stereocenters. The van der Waals surface area contributed by atoms with Crippen molar-refractivity contribution < 1.29 is 9.59 Å². The summed E-state index contributed by atoms with van der Waals surface area (Å²) in [6.45, 7) is 8.95. The molecule has 1 aliphatic rings. The lowest BCUT2D eigenvalue weighted by Crippen LogP contribution is -2.40. The van der Waals surface area contributed by atoms with E-state index in [1.165, 1.54) is 5.56 Å². The predicted molar refractivity (Wildman–Crippen MR) is 95.2 cm³/mol. The Morgan fingerprint density at radius 2 is 1.91 bits per heavy atom. The molecule has 1 aromatic carbocycles. The maximum atomic E-state index is 12.5. The zero-order valence-corrected chi connectivity index (χ0v) is 15.4. The van der Waals surface area contributed by atoms with Crippen molar-refractivity contribution in [3.05, 3.63) is 35.4 Å². The van der Waals surface area contributed by atoms with Crippen LogP contribution >= 0.6 is 11.8 Å². The van der Waals surface area contributed by atoms with Gasteiger partial charge in [0.25, 0.3) is 0 Å². The molecule has 1 fully saturated rings. The van der Waals surface area contributed by atoms with E-state index in [0.717, 1.165) is 5.56 Å². The molecule has 23 heavy (non-hydrogen) atoms. The van der Waals surface area contributed by atoms with Gasteiger partial charge in [-0.3, -0.25) is 9.59 Å². The first-order chi connectivity index (χ1) is 10.8. The van der Waals surface area contributed by atoms with E-state index in [-0.39, 0.29) is 28.4 Å². The molecule has 1 heterocycles. The summed E-state index contributed by atoms with van der Waals surface area (Å²) in [5, 5.41) is 0.00746. The number of aryl methyl sites for hydroxylation is 1. The maximum Gasteiger partial charge on any atom is 0.236 e. The number of likely N-dealkylation sites (N-methyl/N-ethyl adjacent to an activating group) is 1. The molecule has 0 spiro atoms. The molecule has 0 bridgehead atoms. The van der Waals surface area contributed by atoms with Crippen molar-refractivity contribution in [1.29, 1.82) is 0 Å².